The lowest BCUT2D eigenvalue weighted by molar-refractivity contribution is -0.00850. The zero-order chi connectivity index (χ0) is 15.3. The standard InChI is InChI=1S/C17H28O3/c1-10(2)19-13-14(18)16(6)9-8-12(5)17(16,7)15(13)20-11(3)4/h10-11,14,18H,5,8-9H2,1-4,6-7H3/t14?,16-,17+/m0/s1. The number of aliphatic hydroxyl groups excluding tert-OH is 1. The van der Waals surface area contributed by atoms with Gasteiger partial charge in [0, 0.05) is 5.41 Å². The zero-order valence-corrected chi connectivity index (χ0v) is 13.6. The number of aliphatic hydroxyl groups is 1. The van der Waals surface area contributed by atoms with E-state index in [2.05, 4.69) is 20.4 Å². The molecule has 1 unspecified atom stereocenters. The van der Waals surface area contributed by atoms with Crippen LogP contribution in [0.2, 0.25) is 0 Å². The molecule has 1 N–H and O–H groups in total. The predicted octanol–water partition coefficient (Wildman–Crippen LogP) is 3.79. The van der Waals surface area contributed by atoms with Crippen LogP contribution in [0.25, 0.3) is 0 Å². The van der Waals surface area contributed by atoms with E-state index in [1.807, 2.05) is 27.7 Å². The smallest absolute Gasteiger partial charge is 0.164 e. The fraction of sp³-hybridized carbons (Fsp3) is 0.765. The molecule has 0 aromatic heterocycles. The van der Waals surface area contributed by atoms with Crippen molar-refractivity contribution in [3.05, 3.63) is 23.7 Å². The molecule has 0 radical (unpaired) electrons. The van der Waals surface area contributed by atoms with Crippen LogP contribution in [0, 0.1) is 10.8 Å². The summed E-state index contributed by atoms with van der Waals surface area (Å²) in [5, 5.41) is 10.8. The van der Waals surface area contributed by atoms with Crippen LogP contribution in [0.1, 0.15) is 54.4 Å². The minimum atomic E-state index is -0.622. The van der Waals surface area contributed by atoms with Gasteiger partial charge in [0.2, 0.25) is 0 Å². The molecule has 0 aliphatic heterocycles. The second kappa shape index (κ2) is 4.80. The molecule has 3 atom stereocenters. The summed E-state index contributed by atoms with van der Waals surface area (Å²) < 4.78 is 12.0. The summed E-state index contributed by atoms with van der Waals surface area (Å²) in [7, 11) is 0. The molecule has 0 amide bonds. The first-order valence-electron chi connectivity index (χ1n) is 7.59. The van der Waals surface area contributed by atoms with Gasteiger partial charge in [-0.15, -0.1) is 0 Å². The average Bonchev–Trinajstić information content (AvgIpc) is 2.65. The first-order valence-corrected chi connectivity index (χ1v) is 7.59. The largest absolute Gasteiger partial charge is 0.491 e. The van der Waals surface area contributed by atoms with Crippen molar-refractivity contribution < 1.29 is 14.6 Å². The quantitative estimate of drug-likeness (QED) is 0.796. The molecule has 0 spiro atoms. The summed E-state index contributed by atoms with van der Waals surface area (Å²) in [6.07, 6.45) is 1.30. The SMILES string of the molecule is C=C1CC[C@@]2(C)C(O)C(OC(C)C)=C(OC(C)C)[C@@]12C. The highest BCUT2D eigenvalue weighted by molar-refractivity contribution is 5.42. The first-order chi connectivity index (χ1) is 9.14. The fourth-order valence-corrected chi connectivity index (χ4v) is 3.59. The van der Waals surface area contributed by atoms with E-state index in [1.54, 1.807) is 0 Å². The summed E-state index contributed by atoms with van der Waals surface area (Å²) in [6.45, 7) is 16.4. The second-order valence-electron chi connectivity index (χ2n) is 7.08. The predicted molar refractivity (Wildman–Crippen MR) is 80.1 cm³/mol. The maximum atomic E-state index is 10.8. The molecule has 114 valence electrons. The molecule has 0 aromatic rings. The molecule has 20 heavy (non-hydrogen) atoms. The van der Waals surface area contributed by atoms with Gasteiger partial charge in [-0.1, -0.05) is 19.1 Å². The van der Waals surface area contributed by atoms with Crippen molar-refractivity contribution in [1.29, 1.82) is 0 Å². The minimum Gasteiger partial charge on any atom is -0.491 e. The van der Waals surface area contributed by atoms with Crippen LogP contribution < -0.4 is 0 Å². The molecule has 3 nitrogen and oxygen atoms in total. The van der Waals surface area contributed by atoms with E-state index in [0.29, 0.717) is 5.76 Å². The Labute approximate surface area is 122 Å². The summed E-state index contributed by atoms with van der Waals surface area (Å²) >= 11 is 0. The van der Waals surface area contributed by atoms with Gasteiger partial charge >= 0.3 is 0 Å². The molecule has 1 fully saturated rings. The van der Waals surface area contributed by atoms with Crippen molar-refractivity contribution in [1.82, 2.24) is 0 Å². The maximum absolute atomic E-state index is 10.8. The Morgan fingerprint density at radius 2 is 1.70 bits per heavy atom. The topological polar surface area (TPSA) is 38.7 Å². The number of ether oxygens (including phenoxy) is 2. The molecule has 3 heteroatoms. The summed E-state index contributed by atoms with van der Waals surface area (Å²) in [5.74, 6) is 1.40. The van der Waals surface area contributed by atoms with Gasteiger partial charge in [-0.05, 0) is 47.5 Å². The van der Waals surface area contributed by atoms with Crippen LogP contribution in [-0.2, 0) is 9.47 Å². The van der Waals surface area contributed by atoms with Crippen molar-refractivity contribution in [3.63, 3.8) is 0 Å². The van der Waals surface area contributed by atoms with Gasteiger partial charge < -0.3 is 14.6 Å². The molecule has 0 heterocycles. The van der Waals surface area contributed by atoms with E-state index < -0.39 is 6.10 Å². The van der Waals surface area contributed by atoms with Crippen LogP contribution in [-0.4, -0.2) is 23.4 Å². The van der Waals surface area contributed by atoms with Crippen molar-refractivity contribution in [2.75, 3.05) is 0 Å². The molecular formula is C17H28O3. The lowest BCUT2D eigenvalue weighted by Gasteiger charge is -2.38. The van der Waals surface area contributed by atoms with Crippen molar-refractivity contribution in [2.24, 2.45) is 10.8 Å². The van der Waals surface area contributed by atoms with Gasteiger partial charge in [-0.3, -0.25) is 0 Å². The molecule has 2 aliphatic rings. The van der Waals surface area contributed by atoms with Gasteiger partial charge in [0.15, 0.2) is 5.76 Å². The summed E-state index contributed by atoms with van der Waals surface area (Å²) in [4.78, 5) is 0. The molecule has 1 saturated carbocycles. The molecule has 0 saturated heterocycles. The third kappa shape index (κ3) is 1.90. The molecular weight excluding hydrogens is 252 g/mol. The third-order valence-corrected chi connectivity index (χ3v) is 5.04. The van der Waals surface area contributed by atoms with Crippen LogP contribution in [0.3, 0.4) is 0 Å². The van der Waals surface area contributed by atoms with Crippen LogP contribution >= 0.6 is 0 Å². The van der Waals surface area contributed by atoms with Crippen LogP contribution in [0.5, 0.6) is 0 Å². The Balaban J connectivity index is 2.54. The molecule has 0 bridgehead atoms. The van der Waals surface area contributed by atoms with E-state index in [-0.39, 0.29) is 23.0 Å². The Morgan fingerprint density at radius 1 is 1.15 bits per heavy atom. The van der Waals surface area contributed by atoms with Gasteiger partial charge in [0.05, 0.1) is 17.6 Å². The van der Waals surface area contributed by atoms with E-state index in [9.17, 15) is 5.11 Å². The highest BCUT2D eigenvalue weighted by atomic mass is 16.5. The van der Waals surface area contributed by atoms with Crippen molar-refractivity contribution in [3.8, 4) is 0 Å². The Bertz CT molecular complexity index is 449. The van der Waals surface area contributed by atoms with Crippen LogP contribution in [0.15, 0.2) is 23.7 Å². The van der Waals surface area contributed by atoms with Crippen molar-refractivity contribution >= 4 is 0 Å². The average molecular weight is 280 g/mol. The third-order valence-electron chi connectivity index (χ3n) is 5.04. The van der Waals surface area contributed by atoms with E-state index in [1.165, 1.54) is 0 Å². The van der Waals surface area contributed by atoms with Crippen molar-refractivity contribution in [2.45, 2.75) is 72.7 Å². The van der Waals surface area contributed by atoms with E-state index in [4.69, 9.17) is 9.47 Å². The number of allylic oxidation sites excluding steroid dienone is 1. The number of hydrogen-bond donors (Lipinski definition) is 1. The van der Waals surface area contributed by atoms with E-state index >= 15 is 0 Å². The number of fused-ring (bicyclic) bond motifs is 1. The lowest BCUT2D eigenvalue weighted by Crippen LogP contribution is -2.39. The summed E-state index contributed by atoms with van der Waals surface area (Å²) in [5.41, 5.74) is 0.524. The normalized spacial score (nSPS) is 37.0. The highest BCUT2D eigenvalue weighted by Gasteiger charge is 2.65. The van der Waals surface area contributed by atoms with Gasteiger partial charge in [-0.2, -0.15) is 0 Å². The first kappa shape index (κ1) is 15.4. The van der Waals surface area contributed by atoms with Crippen LogP contribution in [0.4, 0.5) is 0 Å². The molecule has 2 aliphatic carbocycles. The highest BCUT2D eigenvalue weighted by Crippen LogP contribution is 2.67. The molecule has 0 aromatic carbocycles. The van der Waals surface area contributed by atoms with Gasteiger partial charge in [0.1, 0.15) is 11.9 Å². The lowest BCUT2D eigenvalue weighted by atomic mass is 9.67. The minimum absolute atomic E-state index is 0.0182. The second-order valence-corrected chi connectivity index (χ2v) is 7.08. The van der Waals surface area contributed by atoms with Gasteiger partial charge in [0.25, 0.3) is 0 Å². The fourth-order valence-electron chi connectivity index (χ4n) is 3.59. The van der Waals surface area contributed by atoms with Gasteiger partial charge in [-0.25, -0.2) is 0 Å². The Kier molecular flexibility index (Phi) is 3.70. The molecule has 2 rings (SSSR count). The zero-order valence-electron chi connectivity index (χ0n) is 13.6. The Morgan fingerprint density at radius 3 is 2.20 bits per heavy atom. The number of rotatable bonds is 4. The number of hydrogen-bond acceptors (Lipinski definition) is 3. The maximum Gasteiger partial charge on any atom is 0.164 e. The Hall–Kier alpha value is -0.960. The van der Waals surface area contributed by atoms with E-state index in [0.717, 1.165) is 24.2 Å². The monoisotopic (exact) mass is 280 g/mol. The summed E-state index contributed by atoms with van der Waals surface area (Å²) in [6, 6.07) is 0.